The molecule has 22 heavy (non-hydrogen) atoms. The normalized spacial score (nSPS) is 16.8. The number of halogens is 1. The van der Waals surface area contributed by atoms with Gasteiger partial charge in [0.25, 0.3) is 5.91 Å². The topological polar surface area (TPSA) is 57.8 Å². The first-order valence-corrected chi connectivity index (χ1v) is 8.04. The predicted octanol–water partition coefficient (Wildman–Crippen LogP) is 3.68. The van der Waals surface area contributed by atoms with E-state index in [4.69, 9.17) is 11.6 Å². The SMILES string of the molecule is CC(C)Cc1cc(C(=O)NC2CCc3cc(Cl)ccc32)n[nH]1. The molecular weight excluding hydrogens is 298 g/mol. The van der Waals surface area contributed by atoms with Crippen LogP contribution in [0.2, 0.25) is 5.02 Å². The lowest BCUT2D eigenvalue weighted by Gasteiger charge is -2.13. The van der Waals surface area contributed by atoms with Crippen LogP contribution >= 0.6 is 11.6 Å². The first-order valence-electron chi connectivity index (χ1n) is 7.66. The summed E-state index contributed by atoms with van der Waals surface area (Å²) in [5.41, 5.74) is 3.84. The lowest BCUT2D eigenvalue weighted by molar-refractivity contribution is 0.0931. The molecule has 0 spiro atoms. The third-order valence-corrected chi connectivity index (χ3v) is 4.21. The van der Waals surface area contributed by atoms with Gasteiger partial charge in [0.05, 0.1) is 6.04 Å². The summed E-state index contributed by atoms with van der Waals surface area (Å²) >= 11 is 6.02. The third-order valence-electron chi connectivity index (χ3n) is 3.98. The van der Waals surface area contributed by atoms with E-state index in [1.807, 2.05) is 24.3 Å². The monoisotopic (exact) mass is 317 g/mol. The van der Waals surface area contributed by atoms with E-state index in [9.17, 15) is 4.79 Å². The van der Waals surface area contributed by atoms with E-state index in [-0.39, 0.29) is 11.9 Å². The van der Waals surface area contributed by atoms with Gasteiger partial charge in [-0.05, 0) is 54.5 Å². The maximum Gasteiger partial charge on any atom is 0.272 e. The van der Waals surface area contributed by atoms with Gasteiger partial charge in [-0.3, -0.25) is 9.89 Å². The molecule has 2 N–H and O–H groups in total. The molecule has 1 heterocycles. The Morgan fingerprint density at radius 1 is 1.45 bits per heavy atom. The quantitative estimate of drug-likeness (QED) is 0.903. The predicted molar refractivity (Wildman–Crippen MR) is 87.1 cm³/mol. The van der Waals surface area contributed by atoms with Gasteiger partial charge in [-0.15, -0.1) is 0 Å². The molecular formula is C17H20ClN3O. The number of benzene rings is 1. The molecule has 1 unspecified atom stereocenters. The summed E-state index contributed by atoms with van der Waals surface area (Å²) in [5, 5.41) is 10.9. The molecule has 1 aromatic carbocycles. The average molecular weight is 318 g/mol. The van der Waals surface area contributed by atoms with Crippen LogP contribution in [0.25, 0.3) is 0 Å². The lowest BCUT2D eigenvalue weighted by Crippen LogP contribution is -2.27. The number of nitrogens with zero attached hydrogens (tertiary/aromatic N) is 1. The minimum absolute atomic E-state index is 0.0463. The van der Waals surface area contributed by atoms with Crippen LogP contribution in [0.4, 0.5) is 0 Å². The van der Waals surface area contributed by atoms with Crippen LogP contribution in [-0.4, -0.2) is 16.1 Å². The van der Waals surface area contributed by atoms with Crippen molar-refractivity contribution >= 4 is 17.5 Å². The number of nitrogens with one attached hydrogen (secondary N) is 2. The van der Waals surface area contributed by atoms with Gasteiger partial charge < -0.3 is 5.32 Å². The number of carbonyl (C=O) groups excluding carboxylic acids is 1. The van der Waals surface area contributed by atoms with Crippen LogP contribution in [0, 0.1) is 5.92 Å². The fraction of sp³-hybridized carbons (Fsp3) is 0.412. The molecule has 3 rings (SSSR count). The molecule has 4 nitrogen and oxygen atoms in total. The second-order valence-corrected chi connectivity index (χ2v) is 6.72. The van der Waals surface area contributed by atoms with Gasteiger partial charge in [-0.25, -0.2) is 0 Å². The highest BCUT2D eigenvalue weighted by Gasteiger charge is 2.25. The van der Waals surface area contributed by atoms with E-state index in [0.29, 0.717) is 11.6 Å². The van der Waals surface area contributed by atoms with Crippen LogP contribution in [0.5, 0.6) is 0 Å². The minimum atomic E-state index is -0.126. The van der Waals surface area contributed by atoms with Crippen molar-refractivity contribution < 1.29 is 4.79 Å². The zero-order chi connectivity index (χ0) is 15.7. The van der Waals surface area contributed by atoms with Crippen molar-refractivity contribution in [3.63, 3.8) is 0 Å². The molecule has 116 valence electrons. The van der Waals surface area contributed by atoms with E-state index in [0.717, 1.165) is 35.5 Å². The molecule has 0 fully saturated rings. The van der Waals surface area contributed by atoms with Crippen LogP contribution in [-0.2, 0) is 12.8 Å². The Kier molecular flexibility index (Phi) is 4.21. The number of fused-ring (bicyclic) bond motifs is 1. The van der Waals surface area contributed by atoms with Gasteiger partial charge in [0.15, 0.2) is 0 Å². The van der Waals surface area contributed by atoms with Gasteiger partial charge >= 0.3 is 0 Å². The maximum absolute atomic E-state index is 12.4. The Morgan fingerprint density at radius 2 is 2.27 bits per heavy atom. The van der Waals surface area contributed by atoms with Crippen LogP contribution in [0.1, 0.15) is 53.6 Å². The summed E-state index contributed by atoms with van der Waals surface area (Å²) in [6.07, 6.45) is 2.75. The standard InChI is InChI=1S/C17H20ClN3O/c1-10(2)7-13-9-16(21-20-13)17(22)19-15-6-3-11-8-12(18)4-5-14(11)15/h4-5,8-10,15H,3,6-7H2,1-2H3,(H,19,22)(H,20,21). The van der Waals surface area contributed by atoms with Gasteiger partial charge in [-0.2, -0.15) is 5.10 Å². The number of H-pyrrole nitrogens is 1. The van der Waals surface area contributed by atoms with Gasteiger partial charge in [0, 0.05) is 10.7 Å². The molecule has 5 heteroatoms. The van der Waals surface area contributed by atoms with Crippen molar-refractivity contribution in [2.45, 2.75) is 39.2 Å². The van der Waals surface area contributed by atoms with Gasteiger partial charge in [0.1, 0.15) is 5.69 Å². The largest absolute Gasteiger partial charge is 0.344 e. The number of rotatable bonds is 4. The fourth-order valence-electron chi connectivity index (χ4n) is 2.99. The highest BCUT2D eigenvalue weighted by atomic mass is 35.5. The second kappa shape index (κ2) is 6.13. The zero-order valence-corrected chi connectivity index (χ0v) is 13.6. The summed E-state index contributed by atoms with van der Waals surface area (Å²) < 4.78 is 0. The summed E-state index contributed by atoms with van der Waals surface area (Å²) in [5.74, 6) is 0.405. The number of hydrogen-bond donors (Lipinski definition) is 2. The highest BCUT2D eigenvalue weighted by molar-refractivity contribution is 6.30. The second-order valence-electron chi connectivity index (χ2n) is 6.28. The summed E-state index contributed by atoms with van der Waals surface area (Å²) in [4.78, 5) is 12.4. The van der Waals surface area contributed by atoms with Gasteiger partial charge in [-0.1, -0.05) is 31.5 Å². The molecule has 1 aromatic heterocycles. The molecule has 1 amide bonds. The Labute approximate surface area is 135 Å². The molecule has 0 saturated carbocycles. The van der Waals surface area contributed by atoms with Gasteiger partial charge in [0.2, 0.25) is 0 Å². The highest BCUT2D eigenvalue weighted by Crippen LogP contribution is 2.32. The lowest BCUT2D eigenvalue weighted by atomic mass is 10.1. The summed E-state index contributed by atoms with van der Waals surface area (Å²) in [6, 6.07) is 7.75. The summed E-state index contributed by atoms with van der Waals surface area (Å²) in [6.45, 7) is 4.28. The van der Waals surface area contributed by atoms with Crippen LogP contribution < -0.4 is 5.32 Å². The smallest absolute Gasteiger partial charge is 0.272 e. The number of aromatic amines is 1. The number of hydrogen-bond acceptors (Lipinski definition) is 2. The molecule has 1 aliphatic rings. The third kappa shape index (κ3) is 3.17. The van der Waals surface area contributed by atoms with E-state index in [1.54, 1.807) is 0 Å². The number of amides is 1. The zero-order valence-electron chi connectivity index (χ0n) is 12.8. The summed E-state index contributed by atoms with van der Waals surface area (Å²) in [7, 11) is 0. The minimum Gasteiger partial charge on any atom is -0.344 e. The first-order chi connectivity index (χ1) is 10.5. The van der Waals surface area contributed by atoms with E-state index >= 15 is 0 Å². The maximum atomic E-state index is 12.4. The number of aromatic nitrogens is 2. The van der Waals surface area contributed by atoms with Crippen molar-refractivity contribution in [1.29, 1.82) is 0 Å². The number of carbonyl (C=O) groups is 1. The van der Waals surface area contributed by atoms with E-state index in [2.05, 4.69) is 29.4 Å². The Bertz CT molecular complexity index is 693. The van der Waals surface area contributed by atoms with Crippen LogP contribution in [0.15, 0.2) is 24.3 Å². The Hall–Kier alpha value is -1.81. The molecule has 0 saturated heterocycles. The first kappa shape index (κ1) is 15.1. The molecule has 0 aliphatic heterocycles. The number of aryl methyl sites for hydroxylation is 1. The molecule has 0 radical (unpaired) electrons. The molecule has 0 bridgehead atoms. The van der Waals surface area contributed by atoms with Crippen molar-refractivity contribution in [2.24, 2.45) is 5.92 Å². The molecule has 2 aromatic rings. The van der Waals surface area contributed by atoms with Crippen molar-refractivity contribution in [3.8, 4) is 0 Å². The Balaban J connectivity index is 1.69. The van der Waals surface area contributed by atoms with Crippen molar-refractivity contribution in [2.75, 3.05) is 0 Å². The Morgan fingerprint density at radius 3 is 3.05 bits per heavy atom. The van der Waals surface area contributed by atoms with Crippen molar-refractivity contribution in [1.82, 2.24) is 15.5 Å². The van der Waals surface area contributed by atoms with E-state index in [1.165, 1.54) is 5.56 Å². The van der Waals surface area contributed by atoms with Crippen molar-refractivity contribution in [3.05, 3.63) is 51.8 Å². The molecule has 1 atom stereocenters. The molecule has 1 aliphatic carbocycles. The van der Waals surface area contributed by atoms with Crippen LogP contribution in [0.3, 0.4) is 0 Å². The fourth-order valence-corrected chi connectivity index (χ4v) is 3.19. The van der Waals surface area contributed by atoms with E-state index < -0.39 is 0 Å². The average Bonchev–Trinajstić information content (AvgIpc) is 3.05.